The van der Waals surface area contributed by atoms with Crippen molar-refractivity contribution in [2.24, 2.45) is 0 Å². The van der Waals surface area contributed by atoms with E-state index in [4.69, 9.17) is 14.2 Å². The van der Waals surface area contributed by atoms with E-state index in [9.17, 15) is 19.5 Å². The lowest BCUT2D eigenvalue weighted by Crippen LogP contribution is -2.50. The van der Waals surface area contributed by atoms with Crippen molar-refractivity contribution in [3.05, 3.63) is 72.9 Å². The third kappa shape index (κ3) is 27.1. The second-order valence-electron chi connectivity index (χ2n) is 12.1. The van der Waals surface area contributed by atoms with Crippen LogP contribution in [0.4, 0.5) is 0 Å². The van der Waals surface area contributed by atoms with Gasteiger partial charge in [-0.3, -0.25) is 9.59 Å². The van der Waals surface area contributed by atoms with Crippen LogP contribution in [0.2, 0.25) is 0 Å². The first kappa shape index (κ1) is 42.8. The third-order valence-corrected chi connectivity index (χ3v) is 6.96. The first-order chi connectivity index (χ1) is 22.1. The van der Waals surface area contributed by atoms with Crippen LogP contribution in [0.25, 0.3) is 0 Å². The van der Waals surface area contributed by atoms with Crippen molar-refractivity contribution in [3.63, 3.8) is 0 Å². The molecule has 0 aliphatic rings. The van der Waals surface area contributed by atoms with Gasteiger partial charge >= 0.3 is 17.9 Å². The van der Waals surface area contributed by atoms with E-state index in [-0.39, 0.29) is 49.1 Å². The maximum atomic E-state index is 12.6. The molecular formula is C38H62NO7+. The Balaban J connectivity index is 4.55. The molecule has 0 rings (SSSR count). The summed E-state index contributed by atoms with van der Waals surface area (Å²) in [5.74, 6) is -1.61. The van der Waals surface area contributed by atoms with Crippen LogP contribution in [-0.2, 0) is 28.6 Å². The van der Waals surface area contributed by atoms with Gasteiger partial charge in [0.25, 0.3) is 0 Å². The van der Waals surface area contributed by atoms with Gasteiger partial charge in [0.15, 0.2) is 12.1 Å². The molecule has 0 fully saturated rings. The summed E-state index contributed by atoms with van der Waals surface area (Å²) in [4.78, 5) is 36.5. The maximum absolute atomic E-state index is 12.6. The molecule has 0 amide bonds. The number of hydrogen-bond donors (Lipinski definition) is 1. The number of quaternary nitrogens is 1. The number of carbonyl (C=O) groups excluding carboxylic acids is 2. The molecule has 0 aromatic rings. The lowest BCUT2D eigenvalue weighted by Gasteiger charge is -2.31. The second-order valence-corrected chi connectivity index (χ2v) is 12.1. The fourth-order valence-electron chi connectivity index (χ4n) is 4.34. The number of rotatable bonds is 28. The summed E-state index contributed by atoms with van der Waals surface area (Å²) in [6.45, 7) is 4.31. The van der Waals surface area contributed by atoms with E-state index in [0.29, 0.717) is 12.8 Å². The van der Waals surface area contributed by atoms with Gasteiger partial charge in [-0.25, -0.2) is 4.79 Å². The summed E-state index contributed by atoms with van der Waals surface area (Å²) in [6, 6.07) is -0.627. The standard InChI is InChI=1S/C38H61NO7/c1-6-8-10-12-14-15-16-17-18-19-20-21-23-25-27-29-37(41)46-34(32-44-31-30-35(38(42)43)39(3,4)5)33-45-36(40)28-26-24-22-13-11-9-7-2/h8-12,14-18,22,24,34-35H,6-7,13,19-21,23,25-33H2,1-5H3/p+1/b10-8+,11-9+,14-12+,16-15+,18-17+,24-22+. The van der Waals surface area contributed by atoms with Crippen LogP contribution >= 0.6 is 0 Å². The SMILES string of the molecule is CC/C=C/C=C/C=C/C=C/CCCCCCCC(=O)OC(COCCC(C(=O)O)[N+](C)(C)C)COC(=O)CC/C=C/C/C=C/CC. The number of carbonyl (C=O) groups is 3. The molecule has 0 heterocycles. The minimum absolute atomic E-state index is 0.0288. The van der Waals surface area contributed by atoms with Crippen LogP contribution in [0.1, 0.15) is 97.3 Å². The van der Waals surface area contributed by atoms with Crippen LogP contribution in [0, 0.1) is 0 Å². The van der Waals surface area contributed by atoms with E-state index in [1.807, 2.05) is 63.7 Å². The van der Waals surface area contributed by atoms with Crippen LogP contribution in [-0.4, -0.2) is 80.6 Å². The first-order valence-electron chi connectivity index (χ1n) is 17.0. The molecule has 0 aliphatic carbocycles. The number of carboxylic acid groups (broad SMARTS) is 1. The van der Waals surface area contributed by atoms with Crippen LogP contribution in [0.15, 0.2) is 72.9 Å². The van der Waals surface area contributed by atoms with Crippen LogP contribution in [0.5, 0.6) is 0 Å². The number of esters is 2. The molecule has 0 bridgehead atoms. The average Bonchev–Trinajstić information content (AvgIpc) is 3.00. The van der Waals surface area contributed by atoms with E-state index in [2.05, 4.69) is 44.2 Å². The number of hydrogen-bond acceptors (Lipinski definition) is 6. The predicted octanol–water partition coefficient (Wildman–Crippen LogP) is 8.07. The topological polar surface area (TPSA) is 99.1 Å². The zero-order valence-corrected chi connectivity index (χ0v) is 29.2. The number of unbranched alkanes of at least 4 members (excludes halogenated alkanes) is 5. The van der Waals surface area contributed by atoms with Gasteiger partial charge < -0.3 is 23.8 Å². The van der Waals surface area contributed by atoms with E-state index < -0.39 is 18.1 Å². The molecule has 8 heteroatoms. The molecule has 8 nitrogen and oxygen atoms in total. The third-order valence-electron chi connectivity index (χ3n) is 6.96. The fraction of sp³-hybridized carbons (Fsp3) is 0.605. The molecule has 0 aromatic carbocycles. The highest BCUT2D eigenvalue weighted by Crippen LogP contribution is 2.11. The molecule has 0 saturated carbocycles. The molecule has 0 aliphatic heterocycles. The van der Waals surface area contributed by atoms with E-state index in [0.717, 1.165) is 57.8 Å². The molecule has 46 heavy (non-hydrogen) atoms. The molecule has 1 N–H and O–H groups in total. The van der Waals surface area contributed by atoms with Gasteiger partial charge in [0.2, 0.25) is 0 Å². The zero-order valence-electron chi connectivity index (χ0n) is 29.2. The van der Waals surface area contributed by atoms with Crippen molar-refractivity contribution in [1.29, 1.82) is 0 Å². The number of aliphatic carboxylic acids is 1. The Labute approximate surface area is 279 Å². The lowest BCUT2D eigenvalue weighted by molar-refractivity contribution is -0.887. The fourth-order valence-corrected chi connectivity index (χ4v) is 4.34. The Bertz CT molecular complexity index is 985. The monoisotopic (exact) mass is 644 g/mol. The highest BCUT2D eigenvalue weighted by atomic mass is 16.6. The molecule has 260 valence electrons. The summed E-state index contributed by atoms with van der Waals surface area (Å²) in [6.07, 6.45) is 34.1. The molecule has 0 saturated heterocycles. The lowest BCUT2D eigenvalue weighted by atomic mass is 10.1. The minimum atomic E-state index is -0.892. The Kier molecular flexibility index (Phi) is 27.1. The molecule has 0 radical (unpaired) electrons. The summed E-state index contributed by atoms with van der Waals surface area (Å²) in [7, 11) is 5.47. The number of nitrogens with zero attached hydrogens (tertiary/aromatic N) is 1. The average molecular weight is 645 g/mol. The van der Waals surface area contributed by atoms with E-state index in [1.165, 1.54) is 0 Å². The summed E-state index contributed by atoms with van der Waals surface area (Å²) in [5.41, 5.74) is 0. The number of carboxylic acids is 1. The molecular weight excluding hydrogens is 582 g/mol. The van der Waals surface area contributed by atoms with Gasteiger partial charge in [0.1, 0.15) is 6.61 Å². The van der Waals surface area contributed by atoms with Crippen LogP contribution < -0.4 is 0 Å². The summed E-state index contributed by atoms with van der Waals surface area (Å²) in [5, 5.41) is 9.54. The van der Waals surface area contributed by atoms with Crippen molar-refractivity contribution in [2.45, 2.75) is 109 Å². The Morgan fingerprint density at radius 1 is 0.674 bits per heavy atom. The van der Waals surface area contributed by atoms with Gasteiger partial charge in [-0.2, -0.15) is 0 Å². The quantitative estimate of drug-likeness (QED) is 0.0302. The highest BCUT2D eigenvalue weighted by molar-refractivity contribution is 5.72. The van der Waals surface area contributed by atoms with Crippen molar-refractivity contribution in [1.82, 2.24) is 0 Å². The largest absolute Gasteiger partial charge is 0.477 e. The summed E-state index contributed by atoms with van der Waals surface area (Å²) >= 11 is 0. The number of likely N-dealkylation sites (N-methyl/N-ethyl adjacent to an activating group) is 1. The molecule has 0 aromatic heterocycles. The first-order valence-corrected chi connectivity index (χ1v) is 17.0. The van der Waals surface area contributed by atoms with Crippen molar-refractivity contribution in [3.8, 4) is 0 Å². The van der Waals surface area contributed by atoms with Gasteiger partial charge in [-0.05, 0) is 44.9 Å². The molecule has 2 unspecified atom stereocenters. The Hall–Kier alpha value is -3.23. The van der Waals surface area contributed by atoms with Gasteiger partial charge in [-0.15, -0.1) is 0 Å². The Morgan fingerprint density at radius 2 is 1.30 bits per heavy atom. The van der Waals surface area contributed by atoms with E-state index >= 15 is 0 Å². The maximum Gasteiger partial charge on any atom is 0.362 e. The smallest absolute Gasteiger partial charge is 0.362 e. The van der Waals surface area contributed by atoms with Gasteiger partial charge in [0.05, 0.1) is 34.4 Å². The zero-order chi connectivity index (χ0) is 34.3. The molecule has 0 spiro atoms. The summed E-state index contributed by atoms with van der Waals surface area (Å²) < 4.78 is 17.0. The normalized spacial score (nSPS) is 14.0. The van der Waals surface area contributed by atoms with Gasteiger partial charge in [-0.1, -0.05) is 106 Å². The van der Waals surface area contributed by atoms with Crippen molar-refractivity contribution >= 4 is 17.9 Å². The Morgan fingerprint density at radius 3 is 1.98 bits per heavy atom. The highest BCUT2D eigenvalue weighted by Gasteiger charge is 2.31. The second kappa shape index (κ2) is 29.2. The number of allylic oxidation sites excluding steroid dienone is 12. The van der Waals surface area contributed by atoms with Crippen molar-refractivity contribution < 1.29 is 38.2 Å². The predicted molar refractivity (Wildman–Crippen MR) is 187 cm³/mol. The van der Waals surface area contributed by atoms with Crippen molar-refractivity contribution in [2.75, 3.05) is 41.0 Å². The number of ether oxygens (including phenoxy) is 3. The molecule has 2 atom stereocenters. The van der Waals surface area contributed by atoms with Crippen LogP contribution in [0.3, 0.4) is 0 Å². The van der Waals surface area contributed by atoms with Gasteiger partial charge in [0, 0.05) is 19.3 Å². The van der Waals surface area contributed by atoms with E-state index in [1.54, 1.807) is 0 Å². The minimum Gasteiger partial charge on any atom is -0.477 e.